The molecule has 2 aromatic carbocycles. The van der Waals surface area contributed by atoms with Crippen molar-refractivity contribution in [2.75, 3.05) is 0 Å². The topological polar surface area (TPSA) is 24.9 Å². The monoisotopic (exact) mass is 340 g/mol. The van der Waals surface area contributed by atoms with Gasteiger partial charge in [0, 0.05) is 34.8 Å². The minimum Gasteiger partial charge on any atom is -0.306 e. The molecule has 1 N–H and O–H groups in total. The highest BCUT2D eigenvalue weighted by atomic mass is 79.9. The highest BCUT2D eigenvalue weighted by Gasteiger charge is 2.07. The van der Waals surface area contributed by atoms with Crippen molar-refractivity contribution in [1.82, 2.24) is 10.3 Å². The fourth-order valence-electron chi connectivity index (χ4n) is 2.48. The van der Waals surface area contributed by atoms with Crippen LogP contribution in [0.15, 0.2) is 65.4 Å². The van der Waals surface area contributed by atoms with Crippen molar-refractivity contribution in [1.29, 1.82) is 0 Å². The van der Waals surface area contributed by atoms with E-state index >= 15 is 0 Å². The number of rotatable bonds is 4. The van der Waals surface area contributed by atoms with E-state index in [1.807, 2.05) is 24.5 Å². The van der Waals surface area contributed by atoms with Crippen molar-refractivity contribution < 1.29 is 0 Å². The number of aromatic nitrogens is 1. The van der Waals surface area contributed by atoms with Gasteiger partial charge in [-0.3, -0.25) is 4.98 Å². The third kappa shape index (κ3) is 3.31. The quantitative estimate of drug-likeness (QED) is 0.734. The lowest BCUT2D eigenvalue weighted by molar-refractivity contribution is 0.575. The summed E-state index contributed by atoms with van der Waals surface area (Å²) in [6.07, 6.45) is 3.86. The van der Waals surface area contributed by atoms with E-state index < -0.39 is 0 Å². The summed E-state index contributed by atoms with van der Waals surface area (Å²) in [6, 6.07) is 17.1. The van der Waals surface area contributed by atoms with Crippen LogP contribution in [-0.2, 0) is 6.54 Å². The molecule has 106 valence electrons. The van der Waals surface area contributed by atoms with Gasteiger partial charge in [-0.25, -0.2) is 0 Å². The van der Waals surface area contributed by atoms with E-state index in [9.17, 15) is 0 Å². The molecule has 0 fully saturated rings. The van der Waals surface area contributed by atoms with E-state index in [2.05, 4.69) is 69.6 Å². The van der Waals surface area contributed by atoms with Crippen LogP contribution < -0.4 is 5.32 Å². The number of nitrogens with zero attached hydrogens (tertiary/aromatic N) is 1. The van der Waals surface area contributed by atoms with Crippen LogP contribution in [-0.4, -0.2) is 4.98 Å². The van der Waals surface area contributed by atoms with Gasteiger partial charge in [0.2, 0.25) is 0 Å². The number of hydrogen-bond donors (Lipinski definition) is 1. The van der Waals surface area contributed by atoms with Crippen LogP contribution >= 0.6 is 15.9 Å². The molecular weight excluding hydrogens is 324 g/mol. The summed E-state index contributed by atoms with van der Waals surface area (Å²) in [5, 5.41) is 6.03. The fourth-order valence-corrected chi connectivity index (χ4v) is 2.89. The number of nitrogens with one attached hydrogen (secondary N) is 1. The van der Waals surface area contributed by atoms with E-state index in [0.717, 1.165) is 11.0 Å². The Morgan fingerprint density at radius 2 is 1.95 bits per heavy atom. The predicted molar refractivity (Wildman–Crippen MR) is 91.1 cm³/mol. The first-order valence-electron chi connectivity index (χ1n) is 7.04. The maximum atomic E-state index is 4.33. The Balaban J connectivity index is 1.77. The molecule has 3 heteroatoms. The summed E-state index contributed by atoms with van der Waals surface area (Å²) < 4.78 is 1.11. The lowest BCUT2D eigenvalue weighted by atomic mass is 10.1. The predicted octanol–water partition coefficient (Wildman–Crippen LogP) is 4.85. The molecule has 0 aliphatic heterocycles. The smallest absolute Gasteiger partial charge is 0.0346 e. The van der Waals surface area contributed by atoms with Gasteiger partial charge in [0.15, 0.2) is 0 Å². The third-order valence-corrected chi connectivity index (χ3v) is 4.19. The van der Waals surface area contributed by atoms with Gasteiger partial charge >= 0.3 is 0 Å². The summed E-state index contributed by atoms with van der Waals surface area (Å²) >= 11 is 3.52. The highest BCUT2D eigenvalue weighted by molar-refractivity contribution is 9.10. The normalized spacial score (nSPS) is 12.5. The summed E-state index contributed by atoms with van der Waals surface area (Å²) in [5.74, 6) is 0. The minimum absolute atomic E-state index is 0.293. The van der Waals surface area contributed by atoms with E-state index in [1.54, 1.807) is 0 Å². The zero-order chi connectivity index (χ0) is 14.7. The van der Waals surface area contributed by atoms with Gasteiger partial charge in [0.1, 0.15) is 0 Å². The number of hydrogen-bond acceptors (Lipinski definition) is 2. The largest absolute Gasteiger partial charge is 0.306 e. The summed E-state index contributed by atoms with van der Waals surface area (Å²) in [6.45, 7) is 2.99. The van der Waals surface area contributed by atoms with Gasteiger partial charge in [0.05, 0.1) is 0 Å². The van der Waals surface area contributed by atoms with Crippen LogP contribution in [0.5, 0.6) is 0 Å². The maximum Gasteiger partial charge on any atom is 0.0346 e. The highest BCUT2D eigenvalue weighted by Crippen LogP contribution is 2.20. The first kappa shape index (κ1) is 14.2. The fraction of sp³-hybridized carbons (Fsp3) is 0.167. The average Bonchev–Trinajstić information content (AvgIpc) is 2.52. The van der Waals surface area contributed by atoms with Gasteiger partial charge in [-0.1, -0.05) is 52.3 Å². The molecule has 0 radical (unpaired) electrons. The molecule has 0 spiro atoms. The zero-order valence-corrected chi connectivity index (χ0v) is 13.5. The van der Waals surface area contributed by atoms with Crippen LogP contribution in [0.1, 0.15) is 24.1 Å². The van der Waals surface area contributed by atoms with Gasteiger partial charge in [-0.05, 0) is 35.6 Å². The van der Waals surface area contributed by atoms with Crippen molar-refractivity contribution in [3.63, 3.8) is 0 Å². The molecule has 0 aliphatic rings. The molecule has 0 aliphatic carbocycles. The zero-order valence-electron chi connectivity index (χ0n) is 11.9. The molecule has 3 rings (SSSR count). The second kappa shape index (κ2) is 6.37. The third-order valence-electron chi connectivity index (χ3n) is 3.70. The van der Waals surface area contributed by atoms with Crippen molar-refractivity contribution in [2.24, 2.45) is 0 Å². The Morgan fingerprint density at radius 1 is 1.10 bits per heavy atom. The van der Waals surface area contributed by atoms with Crippen LogP contribution in [0, 0.1) is 0 Å². The lowest BCUT2D eigenvalue weighted by Crippen LogP contribution is -2.18. The van der Waals surface area contributed by atoms with Crippen LogP contribution in [0.3, 0.4) is 0 Å². The van der Waals surface area contributed by atoms with Crippen LogP contribution in [0.2, 0.25) is 0 Å². The van der Waals surface area contributed by atoms with Crippen molar-refractivity contribution >= 4 is 26.7 Å². The SMILES string of the molecule is CC(NCc1cncc2ccccc12)c1cccc(Br)c1. The molecule has 0 saturated carbocycles. The van der Waals surface area contributed by atoms with Crippen LogP contribution in [0.25, 0.3) is 10.8 Å². The van der Waals surface area contributed by atoms with Gasteiger partial charge < -0.3 is 5.32 Å². The Bertz CT molecular complexity index is 750. The molecule has 3 aromatic rings. The van der Waals surface area contributed by atoms with Crippen LogP contribution in [0.4, 0.5) is 0 Å². The Kier molecular flexibility index (Phi) is 4.32. The molecule has 0 saturated heterocycles. The number of halogens is 1. The molecule has 21 heavy (non-hydrogen) atoms. The first-order valence-corrected chi connectivity index (χ1v) is 7.84. The minimum atomic E-state index is 0.293. The van der Waals surface area contributed by atoms with Crippen molar-refractivity contribution in [3.8, 4) is 0 Å². The standard InChI is InChI=1S/C18H17BrN2/c1-13(14-6-4-7-17(19)9-14)21-12-16-11-20-10-15-5-2-3-8-18(15)16/h2-11,13,21H,12H2,1H3. The molecule has 0 amide bonds. The molecule has 0 bridgehead atoms. The Morgan fingerprint density at radius 3 is 2.81 bits per heavy atom. The lowest BCUT2D eigenvalue weighted by Gasteiger charge is -2.15. The van der Waals surface area contributed by atoms with Gasteiger partial charge in [-0.2, -0.15) is 0 Å². The van der Waals surface area contributed by atoms with E-state index in [-0.39, 0.29) is 0 Å². The Labute approximate surface area is 133 Å². The van der Waals surface area contributed by atoms with Gasteiger partial charge in [0.25, 0.3) is 0 Å². The summed E-state index contributed by atoms with van der Waals surface area (Å²) in [4.78, 5) is 4.33. The number of pyridine rings is 1. The number of benzene rings is 2. The second-order valence-corrected chi connectivity index (χ2v) is 6.09. The average molecular weight is 341 g/mol. The second-order valence-electron chi connectivity index (χ2n) is 5.18. The molecule has 1 aromatic heterocycles. The molecule has 1 atom stereocenters. The molecule has 1 heterocycles. The van der Waals surface area contributed by atoms with E-state index in [4.69, 9.17) is 0 Å². The molecular formula is C18H17BrN2. The van der Waals surface area contributed by atoms with Crippen molar-refractivity contribution in [2.45, 2.75) is 19.5 Å². The van der Waals surface area contributed by atoms with E-state index in [1.165, 1.54) is 21.9 Å². The number of fused-ring (bicyclic) bond motifs is 1. The van der Waals surface area contributed by atoms with E-state index in [0.29, 0.717) is 6.04 Å². The Hall–Kier alpha value is -1.71. The summed E-state index contributed by atoms with van der Waals surface area (Å²) in [5.41, 5.74) is 2.51. The maximum absolute atomic E-state index is 4.33. The molecule has 2 nitrogen and oxygen atoms in total. The molecule has 1 unspecified atom stereocenters. The first-order chi connectivity index (χ1) is 10.2. The van der Waals surface area contributed by atoms with Gasteiger partial charge in [-0.15, -0.1) is 0 Å². The summed E-state index contributed by atoms with van der Waals surface area (Å²) in [7, 11) is 0. The van der Waals surface area contributed by atoms with Crippen molar-refractivity contribution in [3.05, 3.63) is 76.5 Å².